The van der Waals surface area contributed by atoms with Crippen LogP contribution >= 0.6 is 22.7 Å². The Bertz CT molecular complexity index is 249. The molecule has 2 heterocycles. The van der Waals surface area contributed by atoms with Gasteiger partial charge in [-0.2, -0.15) is 0 Å². The molecule has 0 nitrogen and oxygen atoms in total. The van der Waals surface area contributed by atoms with Gasteiger partial charge in [0.1, 0.15) is 0 Å². The minimum atomic E-state index is 1.37. The molecular formula is C16H30S2. The van der Waals surface area contributed by atoms with Crippen molar-refractivity contribution >= 4 is 22.7 Å². The molecule has 0 radical (unpaired) electrons. The lowest BCUT2D eigenvalue weighted by molar-refractivity contribution is 1.50. The predicted molar refractivity (Wildman–Crippen MR) is 93.0 cm³/mol. The largest absolute Gasteiger partial charge is 0.143 e. The Balaban J connectivity index is -0.000000244. The predicted octanol–water partition coefficient (Wildman–Crippen LogP) is 7.58. The molecule has 0 spiro atoms. The molecule has 0 bridgehead atoms. The second-order valence-corrected chi connectivity index (χ2v) is 3.85. The summed E-state index contributed by atoms with van der Waals surface area (Å²) < 4.78 is 0. The van der Waals surface area contributed by atoms with E-state index in [0.717, 1.165) is 0 Å². The molecule has 0 fully saturated rings. The van der Waals surface area contributed by atoms with Crippen molar-refractivity contribution in [2.45, 2.75) is 55.4 Å². The van der Waals surface area contributed by atoms with Crippen LogP contribution in [0.4, 0.5) is 0 Å². The van der Waals surface area contributed by atoms with E-state index in [-0.39, 0.29) is 0 Å². The molecule has 0 aliphatic carbocycles. The Morgan fingerprint density at radius 1 is 0.556 bits per heavy atom. The van der Waals surface area contributed by atoms with Gasteiger partial charge in [-0.1, -0.05) is 67.5 Å². The van der Waals surface area contributed by atoms with Crippen molar-refractivity contribution in [1.29, 1.82) is 0 Å². The summed E-state index contributed by atoms with van der Waals surface area (Å²) in [5, 5.41) is 4.21. The standard InChI is InChI=1S/C8H6S2.4C2H6/c1-3-7(9-5-1)8-4-2-6-10-8;4*1-2/h1-6H;4*1-2H3. The van der Waals surface area contributed by atoms with Crippen LogP contribution in [0.1, 0.15) is 55.4 Å². The van der Waals surface area contributed by atoms with E-state index in [2.05, 4.69) is 35.0 Å². The van der Waals surface area contributed by atoms with E-state index < -0.39 is 0 Å². The summed E-state index contributed by atoms with van der Waals surface area (Å²) in [6.07, 6.45) is 0. The smallest absolute Gasteiger partial charge is 0.0442 e. The fourth-order valence-electron chi connectivity index (χ4n) is 0.838. The Morgan fingerprint density at radius 2 is 0.833 bits per heavy atom. The molecule has 106 valence electrons. The third-order valence-corrected chi connectivity index (χ3v) is 3.22. The van der Waals surface area contributed by atoms with E-state index in [1.807, 2.05) is 55.4 Å². The van der Waals surface area contributed by atoms with Crippen molar-refractivity contribution in [2.24, 2.45) is 0 Å². The Hall–Kier alpha value is -0.600. The molecule has 2 aromatic heterocycles. The van der Waals surface area contributed by atoms with E-state index in [0.29, 0.717) is 0 Å². The summed E-state index contributed by atoms with van der Waals surface area (Å²) in [5.74, 6) is 0. The molecule has 2 rings (SSSR count). The SMILES string of the molecule is CC.CC.CC.CC.c1csc(-c2cccs2)c1. The van der Waals surface area contributed by atoms with Crippen LogP contribution in [0.15, 0.2) is 35.0 Å². The van der Waals surface area contributed by atoms with Crippen LogP contribution in [0, 0.1) is 0 Å². The molecular weight excluding hydrogens is 256 g/mol. The summed E-state index contributed by atoms with van der Waals surface area (Å²) in [4.78, 5) is 2.74. The lowest BCUT2D eigenvalue weighted by Crippen LogP contribution is -1.55. The summed E-state index contributed by atoms with van der Waals surface area (Å²) in [5.41, 5.74) is 0. The van der Waals surface area contributed by atoms with Crippen LogP contribution in [0.5, 0.6) is 0 Å². The highest BCUT2D eigenvalue weighted by molar-refractivity contribution is 7.20. The minimum Gasteiger partial charge on any atom is -0.143 e. The highest BCUT2D eigenvalue weighted by atomic mass is 32.1. The summed E-state index contributed by atoms with van der Waals surface area (Å²) in [6.45, 7) is 16.0. The third kappa shape index (κ3) is 10.5. The molecule has 0 aliphatic heterocycles. The van der Waals surface area contributed by atoms with Gasteiger partial charge in [-0.05, 0) is 22.9 Å². The fraction of sp³-hybridized carbons (Fsp3) is 0.500. The van der Waals surface area contributed by atoms with Gasteiger partial charge in [-0.15, -0.1) is 22.7 Å². The van der Waals surface area contributed by atoms with Crippen molar-refractivity contribution in [3.05, 3.63) is 35.0 Å². The molecule has 0 amide bonds. The number of hydrogen-bond acceptors (Lipinski definition) is 2. The van der Waals surface area contributed by atoms with Gasteiger partial charge < -0.3 is 0 Å². The molecule has 0 N–H and O–H groups in total. The van der Waals surface area contributed by atoms with Crippen molar-refractivity contribution in [3.8, 4) is 9.75 Å². The molecule has 2 aromatic rings. The molecule has 0 unspecified atom stereocenters. The van der Waals surface area contributed by atoms with Crippen LogP contribution in [0.2, 0.25) is 0 Å². The average molecular weight is 287 g/mol. The normalized spacial score (nSPS) is 6.89. The van der Waals surface area contributed by atoms with Crippen molar-refractivity contribution in [3.63, 3.8) is 0 Å². The van der Waals surface area contributed by atoms with E-state index in [1.54, 1.807) is 22.7 Å². The average Bonchev–Trinajstić information content (AvgIpc) is 3.20. The molecule has 0 aromatic carbocycles. The lowest BCUT2D eigenvalue weighted by Gasteiger charge is -1.84. The summed E-state index contributed by atoms with van der Waals surface area (Å²) in [7, 11) is 0. The maximum atomic E-state index is 2.15. The molecule has 0 saturated heterocycles. The van der Waals surface area contributed by atoms with E-state index in [9.17, 15) is 0 Å². The second kappa shape index (κ2) is 21.7. The fourth-order valence-corrected chi connectivity index (χ4v) is 2.42. The van der Waals surface area contributed by atoms with Crippen LogP contribution in [-0.4, -0.2) is 0 Å². The topological polar surface area (TPSA) is 0 Å². The number of hydrogen-bond donors (Lipinski definition) is 0. The maximum absolute atomic E-state index is 2.15. The van der Waals surface area contributed by atoms with Crippen LogP contribution in [0.3, 0.4) is 0 Å². The zero-order chi connectivity index (χ0) is 14.8. The first-order valence-corrected chi connectivity index (χ1v) is 8.80. The monoisotopic (exact) mass is 286 g/mol. The van der Waals surface area contributed by atoms with Gasteiger partial charge in [-0.25, -0.2) is 0 Å². The third-order valence-electron chi connectivity index (χ3n) is 1.29. The van der Waals surface area contributed by atoms with E-state index >= 15 is 0 Å². The van der Waals surface area contributed by atoms with Gasteiger partial charge in [0, 0.05) is 9.75 Å². The zero-order valence-corrected chi connectivity index (χ0v) is 14.9. The first-order chi connectivity index (χ1) is 8.97. The van der Waals surface area contributed by atoms with Crippen LogP contribution < -0.4 is 0 Å². The Kier molecular flexibility index (Phi) is 27.2. The van der Waals surface area contributed by atoms with Gasteiger partial charge in [0.05, 0.1) is 0 Å². The van der Waals surface area contributed by atoms with E-state index in [1.165, 1.54) is 9.75 Å². The molecule has 2 heteroatoms. The highest BCUT2D eigenvalue weighted by Crippen LogP contribution is 2.28. The summed E-state index contributed by atoms with van der Waals surface area (Å²) in [6, 6.07) is 8.46. The van der Waals surface area contributed by atoms with Crippen molar-refractivity contribution < 1.29 is 0 Å². The van der Waals surface area contributed by atoms with Gasteiger partial charge in [0.25, 0.3) is 0 Å². The molecule has 0 saturated carbocycles. The van der Waals surface area contributed by atoms with Crippen molar-refractivity contribution in [2.75, 3.05) is 0 Å². The Morgan fingerprint density at radius 3 is 1.00 bits per heavy atom. The maximum Gasteiger partial charge on any atom is 0.0442 e. The van der Waals surface area contributed by atoms with Crippen LogP contribution in [-0.2, 0) is 0 Å². The molecule has 18 heavy (non-hydrogen) atoms. The molecule has 0 aliphatic rings. The zero-order valence-electron chi connectivity index (χ0n) is 13.3. The number of thiophene rings is 2. The summed E-state index contributed by atoms with van der Waals surface area (Å²) >= 11 is 3.58. The van der Waals surface area contributed by atoms with Crippen molar-refractivity contribution in [1.82, 2.24) is 0 Å². The Labute approximate surface area is 123 Å². The quantitative estimate of drug-likeness (QED) is 0.506. The first kappa shape index (κ1) is 22.6. The first-order valence-electron chi connectivity index (χ1n) is 7.04. The second-order valence-electron chi connectivity index (χ2n) is 1.95. The lowest BCUT2D eigenvalue weighted by atomic mass is 10.4. The number of rotatable bonds is 1. The van der Waals surface area contributed by atoms with Gasteiger partial charge >= 0.3 is 0 Å². The van der Waals surface area contributed by atoms with Crippen LogP contribution in [0.25, 0.3) is 9.75 Å². The highest BCUT2D eigenvalue weighted by Gasteiger charge is 1.96. The van der Waals surface area contributed by atoms with Gasteiger partial charge in [-0.3, -0.25) is 0 Å². The van der Waals surface area contributed by atoms with Gasteiger partial charge in [0.2, 0.25) is 0 Å². The van der Waals surface area contributed by atoms with E-state index in [4.69, 9.17) is 0 Å². The van der Waals surface area contributed by atoms with Gasteiger partial charge in [0.15, 0.2) is 0 Å². The molecule has 0 atom stereocenters. The minimum absolute atomic E-state index is 1.37.